The first-order chi connectivity index (χ1) is 9.68. The topological polar surface area (TPSA) is 81.3 Å². The summed E-state index contributed by atoms with van der Waals surface area (Å²) in [5.74, 6) is 0.169. The van der Waals surface area contributed by atoms with Crippen molar-refractivity contribution < 1.29 is 9.53 Å². The van der Waals surface area contributed by atoms with Crippen molar-refractivity contribution in [3.05, 3.63) is 29.4 Å². The van der Waals surface area contributed by atoms with Crippen LogP contribution >= 0.6 is 11.6 Å². The van der Waals surface area contributed by atoms with Gasteiger partial charge in [-0.2, -0.15) is 0 Å². The highest BCUT2D eigenvalue weighted by atomic mass is 35.5. The van der Waals surface area contributed by atoms with Crippen LogP contribution in [0.3, 0.4) is 0 Å². The number of anilines is 1. The molecule has 1 aromatic carbocycles. The first-order valence-corrected chi connectivity index (χ1v) is 6.61. The first-order valence-electron chi connectivity index (χ1n) is 6.23. The Hall–Kier alpha value is -1.92. The van der Waals surface area contributed by atoms with Gasteiger partial charge in [-0.3, -0.25) is 4.79 Å². The summed E-state index contributed by atoms with van der Waals surface area (Å²) in [5, 5.41) is 10.1. The monoisotopic (exact) mass is 292 g/mol. The van der Waals surface area contributed by atoms with E-state index in [1.165, 1.54) is 0 Å². The molecule has 0 saturated carbocycles. The van der Waals surface area contributed by atoms with E-state index in [0.29, 0.717) is 24.1 Å². The largest absolute Gasteiger partial charge is 0.377 e. The third kappa shape index (κ3) is 2.17. The van der Waals surface area contributed by atoms with E-state index >= 15 is 0 Å². The highest BCUT2D eigenvalue weighted by Gasteiger charge is 2.30. The van der Waals surface area contributed by atoms with Crippen molar-refractivity contribution in [2.45, 2.75) is 6.04 Å². The first kappa shape index (κ1) is 13.1. The van der Waals surface area contributed by atoms with Gasteiger partial charge in [0.25, 0.3) is 0 Å². The molecule has 3 rings (SSSR count). The van der Waals surface area contributed by atoms with E-state index in [4.69, 9.17) is 22.1 Å². The Morgan fingerprint density at radius 2 is 2.10 bits per heavy atom. The van der Waals surface area contributed by atoms with Crippen molar-refractivity contribution in [2.24, 2.45) is 5.73 Å². The lowest BCUT2D eigenvalue weighted by molar-refractivity contribution is -0.121. The van der Waals surface area contributed by atoms with Crippen molar-refractivity contribution in [1.82, 2.24) is 10.2 Å². The molecule has 1 aliphatic rings. The molecule has 104 valence electrons. The van der Waals surface area contributed by atoms with Crippen LogP contribution in [0.2, 0.25) is 5.15 Å². The molecule has 1 atom stereocenters. The van der Waals surface area contributed by atoms with Gasteiger partial charge in [0.05, 0.1) is 13.2 Å². The van der Waals surface area contributed by atoms with E-state index in [2.05, 4.69) is 10.2 Å². The van der Waals surface area contributed by atoms with Crippen LogP contribution in [0, 0.1) is 0 Å². The second-order valence-electron chi connectivity index (χ2n) is 4.55. The zero-order valence-corrected chi connectivity index (χ0v) is 11.4. The summed E-state index contributed by atoms with van der Waals surface area (Å²) in [4.78, 5) is 13.4. The molecule has 0 radical (unpaired) electrons. The second-order valence-corrected chi connectivity index (χ2v) is 4.90. The molecule has 2 heterocycles. The van der Waals surface area contributed by atoms with E-state index in [0.717, 1.165) is 10.8 Å². The van der Waals surface area contributed by atoms with Gasteiger partial charge in [0.15, 0.2) is 11.0 Å². The van der Waals surface area contributed by atoms with Gasteiger partial charge in [0, 0.05) is 17.3 Å². The molecule has 7 heteroatoms. The molecule has 0 bridgehead atoms. The van der Waals surface area contributed by atoms with E-state index in [1.54, 1.807) is 0 Å². The molecule has 2 aromatic rings. The normalized spacial score (nSPS) is 19.2. The predicted molar refractivity (Wildman–Crippen MR) is 75.7 cm³/mol. The number of benzene rings is 1. The summed E-state index contributed by atoms with van der Waals surface area (Å²) in [7, 11) is 0. The average molecular weight is 293 g/mol. The maximum atomic E-state index is 11.6. The highest BCUT2D eigenvalue weighted by molar-refractivity contribution is 6.34. The number of halogens is 1. The van der Waals surface area contributed by atoms with Crippen molar-refractivity contribution >= 4 is 34.1 Å². The summed E-state index contributed by atoms with van der Waals surface area (Å²) >= 11 is 6.06. The van der Waals surface area contributed by atoms with Crippen molar-refractivity contribution in [3.63, 3.8) is 0 Å². The summed E-state index contributed by atoms with van der Waals surface area (Å²) in [5.41, 5.74) is 5.43. The molecular weight excluding hydrogens is 280 g/mol. The number of morpholine rings is 1. The number of carbonyl (C=O) groups excluding carboxylic acids is 1. The maximum absolute atomic E-state index is 11.6. The van der Waals surface area contributed by atoms with Gasteiger partial charge in [-0.05, 0) is 0 Å². The lowest BCUT2D eigenvalue weighted by atomic mass is 10.1. The molecule has 1 saturated heterocycles. The van der Waals surface area contributed by atoms with E-state index < -0.39 is 11.9 Å². The Morgan fingerprint density at radius 1 is 1.35 bits per heavy atom. The Kier molecular flexibility index (Phi) is 3.42. The predicted octanol–water partition coefficient (Wildman–Crippen LogP) is 0.974. The van der Waals surface area contributed by atoms with Crippen LogP contribution in [-0.2, 0) is 9.53 Å². The van der Waals surface area contributed by atoms with Crippen LogP contribution in [0.4, 0.5) is 5.82 Å². The highest BCUT2D eigenvalue weighted by Crippen LogP contribution is 2.29. The fraction of sp³-hybridized carbons (Fsp3) is 0.308. The minimum Gasteiger partial charge on any atom is -0.377 e. The molecule has 1 aromatic heterocycles. The third-order valence-corrected chi connectivity index (χ3v) is 3.63. The Bertz CT molecular complexity index is 664. The van der Waals surface area contributed by atoms with Crippen LogP contribution in [0.25, 0.3) is 10.8 Å². The number of rotatable bonds is 2. The van der Waals surface area contributed by atoms with E-state index in [1.807, 2.05) is 29.2 Å². The van der Waals surface area contributed by atoms with Gasteiger partial charge in [-0.15, -0.1) is 10.2 Å². The molecule has 1 aliphatic heterocycles. The third-order valence-electron chi connectivity index (χ3n) is 3.35. The minimum atomic E-state index is -0.539. The van der Waals surface area contributed by atoms with Gasteiger partial charge in [0.1, 0.15) is 6.04 Å². The Balaban J connectivity index is 2.13. The fourth-order valence-electron chi connectivity index (χ4n) is 2.36. The standard InChI is InChI=1S/C13H13ClN4O2/c14-11-8-3-1-2-4-9(8)13(17-16-11)18-5-6-20-7-10(18)12(15)19/h1-4,10H,5-7H2,(H2,15,19). The number of nitrogens with two attached hydrogens (primary N) is 1. The maximum Gasteiger partial charge on any atom is 0.242 e. The van der Waals surface area contributed by atoms with Gasteiger partial charge >= 0.3 is 0 Å². The smallest absolute Gasteiger partial charge is 0.242 e. The molecule has 1 unspecified atom stereocenters. The average Bonchev–Trinajstić information content (AvgIpc) is 2.48. The van der Waals surface area contributed by atoms with Gasteiger partial charge in [-0.25, -0.2) is 0 Å². The lowest BCUT2D eigenvalue weighted by Gasteiger charge is -2.34. The van der Waals surface area contributed by atoms with Crippen molar-refractivity contribution in [3.8, 4) is 0 Å². The fourth-order valence-corrected chi connectivity index (χ4v) is 2.56. The Labute approximate surface area is 120 Å². The lowest BCUT2D eigenvalue weighted by Crippen LogP contribution is -2.53. The molecule has 0 spiro atoms. The number of ether oxygens (including phenoxy) is 1. The molecule has 0 aliphatic carbocycles. The van der Waals surface area contributed by atoms with Crippen LogP contribution in [0.1, 0.15) is 0 Å². The molecule has 1 amide bonds. The Morgan fingerprint density at radius 3 is 2.85 bits per heavy atom. The van der Waals surface area contributed by atoms with Crippen molar-refractivity contribution in [2.75, 3.05) is 24.7 Å². The molecule has 1 fully saturated rings. The number of hydrogen-bond donors (Lipinski definition) is 1. The van der Waals surface area contributed by atoms with E-state index in [9.17, 15) is 4.79 Å². The van der Waals surface area contributed by atoms with Crippen LogP contribution in [0.15, 0.2) is 24.3 Å². The zero-order valence-electron chi connectivity index (χ0n) is 10.6. The number of carbonyl (C=O) groups is 1. The SMILES string of the molecule is NC(=O)C1COCCN1c1nnc(Cl)c2ccccc12. The zero-order chi connectivity index (χ0) is 14.1. The van der Waals surface area contributed by atoms with Gasteiger partial charge < -0.3 is 15.4 Å². The quantitative estimate of drug-likeness (QED) is 0.892. The minimum absolute atomic E-state index is 0.258. The number of nitrogens with zero attached hydrogens (tertiary/aromatic N) is 3. The number of aromatic nitrogens is 2. The molecular formula is C13H13ClN4O2. The summed E-state index contributed by atoms with van der Waals surface area (Å²) < 4.78 is 5.31. The van der Waals surface area contributed by atoms with E-state index in [-0.39, 0.29) is 6.61 Å². The molecule has 2 N–H and O–H groups in total. The number of amides is 1. The summed E-state index contributed by atoms with van der Waals surface area (Å²) in [6.07, 6.45) is 0. The number of fused-ring (bicyclic) bond motifs is 1. The van der Waals surface area contributed by atoms with Gasteiger partial charge in [-0.1, -0.05) is 35.9 Å². The van der Waals surface area contributed by atoms with Crippen LogP contribution in [-0.4, -0.2) is 41.9 Å². The van der Waals surface area contributed by atoms with Gasteiger partial charge in [0.2, 0.25) is 5.91 Å². The second kappa shape index (κ2) is 5.22. The van der Waals surface area contributed by atoms with Crippen LogP contribution in [0.5, 0.6) is 0 Å². The summed E-state index contributed by atoms with van der Waals surface area (Å²) in [6, 6.07) is 7.00. The number of hydrogen-bond acceptors (Lipinski definition) is 5. The molecule has 20 heavy (non-hydrogen) atoms. The number of primary amides is 1. The van der Waals surface area contributed by atoms with Crippen molar-refractivity contribution in [1.29, 1.82) is 0 Å². The van der Waals surface area contributed by atoms with Crippen LogP contribution < -0.4 is 10.6 Å². The summed E-state index contributed by atoms with van der Waals surface area (Å²) in [6.45, 7) is 1.31. The molecule has 6 nitrogen and oxygen atoms in total.